The number of likely N-dealkylation sites (N-methyl/N-ethyl adjacent to an activating group) is 1. The van der Waals surface area contributed by atoms with Gasteiger partial charge in [0.1, 0.15) is 11.6 Å². The molecule has 0 spiro atoms. The summed E-state index contributed by atoms with van der Waals surface area (Å²) in [6.07, 6.45) is 1.67. The number of nitrogens with zero attached hydrogens (tertiary/aromatic N) is 2. The highest BCUT2D eigenvalue weighted by Crippen LogP contribution is 2.29. The van der Waals surface area contributed by atoms with Gasteiger partial charge in [-0.3, -0.25) is 4.79 Å². The molecule has 7 heteroatoms. The maximum atomic E-state index is 12.2. The van der Waals surface area contributed by atoms with Crippen LogP contribution in [0.4, 0.5) is 4.79 Å². The molecule has 0 saturated carbocycles. The number of carboxylic acid groups (broad SMARTS) is 1. The van der Waals surface area contributed by atoms with Gasteiger partial charge in [0.05, 0.1) is 0 Å². The summed E-state index contributed by atoms with van der Waals surface area (Å²) in [5, 5.41) is 11.9. The van der Waals surface area contributed by atoms with Crippen molar-refractivity contribution in [2.45, 2.75) is 37.8 Å². The molecule has 2 saturated heterocycles. The number of amides is 3. The molecule has 19 heavy (non-hydrogen) atoms. The largest absolute Gasteiger partial charge is 0.480 e. The standard InChI is InChI=1S/C12H19N3O4/c1-12(10(17)18)5-3-6-15(12)11(19)13-8-4-7-14(2)9(8)16/h8H,3-7H2,1-2H3,(H,13,19)(H,17,18). The molecule has 2 aliphatic heterocycles. The van der Waals surface area contributed by atoms with Gasteiger partial charge in [-0.15, -0.1) is 0 Å². The van der Waals surface area contributed by atoms with E-state index in [9.17, 15) is 19.5 Å². The smallest absolute Gasteiger partial charge is 0.329 e. The lowest BCUT2D eigenvalue weighted by Crippen LogP contribution is -2.56. The number of hydrogen-bond acceptors (Lipinski definition) is 3. The van der Waals surface area contributed by atoms with Gasteiger partial charge >= 0.3 is 12.0 Å². The van der Waals surface area contributed by atoms with Crippen LogP contribution in [0.3, 0.4) is 0 Å². The molecule has 0 bridgehead atoms. The minimum Gasteiger partial charge on any atom is -0.480 e. The predicted molar refractivity (Wildman–Crippen MR) is 66.6 cm³/mol. The zero-order chi connectivity index (χ0) is 14.2. The van der Waals surface area contributed by atoms with Crippen molar-refractivity contribution in [3.63, 3.8) is 0 Å². The highest BCUT2D eigenvalue weighted by atomic mass is 16.4. The Morgan fingerprint density at radius 3 is 2.63 bits per heavy atom. The van der Waals surface area contributed by atoms with Crippen LogP contribution in [0.2, 0.25) is 0 Å². The zero-order valence-electron chi connectivity index (χ0n) is 11.2. The van der Waals surface area contributed by atoms with E-state index < -0.39 is 23.6 Å². The van der Waals surface area contributed by atoms with Crippen molar-refractivity contribution in [3.8, 4) is 0 Å². The molecule has 2 fully saturated rings. The first-order valence-electron chi connectivity index (χ1n) is 6.43. The lowest BCUT2D eigenvalue weighted by molar-refractivity contribution is -0.147. The number of carbonyl (C=O) groups is 3. The molecule has 0 radical (unpaired) electrons. The molecular formula is C12H19N3O4. The molecule has 2 heterocycles. The second-order valence-corrected chi connectivity index (χ2v) is 5.38. The minimum atomic E-state index is -1.17. The van der Waals surface area contributed by atoms with Gasteiger partial charge < -0.3 is 20.2 Å². The van der Waals surface area contributed by atoms with Crippen LogP contribution in [-0.4, -0.2) is 64.5 Å². The van der Waals surface area contributed by atoms with Gasteiger partial charge in [-0.25, -0.2) is 9.59 Å². The average Bonchev–Trinajstić information content (AvgIpc) is 2.88. The topological polar surface area (TPSA) is 90.0 Å². The fraction of sp³-hybridized carbons (Fsp3) is 0.750. The maximum Gasteiger partial charge on any atom is 0.329 e. The van der Waals surface area contributed by atoms with Crippen molar-refractivity contribution in [3.05, 3.63) is 0 Å². The van der Waals surface area contributed by atoms with E-state index in [1.807, 2.05) is 0 Å². The summed E-state index contributed by atoms with van der Waals surface area (Å²) in [7, 11) is 1.69. The highest BCUT2D eigenvalue weighted by Gasteiger charge is 2.46. The molecule has 2 unspecified atom stereocenters. The first kappa shape index (κ1) is 13.6. The van der Waals surface area contributed by atoms with Crippen LogP contribution in [0.1, 0.15) is 26.2 Å². The van der Waals surface area contributed by atoms with Crippen LogP contribution < -0.4 is 5.32 Å². The van der Waals surface area contributed by atoms with E-state index in [4.69, 9.17) is 0 Å². The van der Waals surface area contributed by atoms with Crippen LogP contribution in [0.5, 0.6) is 0 Å². The highest BCUT2D eigenvalue weighted by molar-refractivity contribution is 5.91. The second-order valence-electron chi connectivity index (χ2n) is 5.38. The van der Waals surface area contributed by atoms with Crippen LogP contribution >= 0.6 is 0 Å². The summed E-state index contributed by atoms with van der Waals surface area (Å²) in [5.41, 5.74) is -1.17. The first-order valence-corrected chi connectivity index (χ1v) is 6.43. The number of rotatable bonds is 2. The minimum absolute atomic E-state index is 0.121. The summed E-state index contributed by atoms with van der Waals surface area (Å²) >= 11 is 0. The van der Waals surface area contributed by atoms with E-state index in [2.05, 4.69) is 5.32 Å². The van der Waals surface area contributed by atoms with Crippen molar-refractivity contribution < 1.29 is 19.5 Å². The van der Waals surface area contributed by atoms with Gasteiger partial charge in [-0.05, 0) is 26.2 Å². The summed E-state index contributed by atoms with van der Waals surface area (Å²) in [4.78, 5) is 38.1. The summed E-state index contributed by atoms with van der Waals surface area (Å²) in [6, 6.07) is -0.993. The Hall–Kier alpha value is -1.79. The van der Waals surface area contributed by atoms with Crippen molar-refractivity contribution in [1.29, 1.82) is 0 Å². The van der Waals surface area contributed by atoms with Gasteiger partial charge in [0.15, 0.2) is 0 Å². The lowest BCUT2D eigenvalue weighted by atomic mass is 10.00. The molecule has 0 aliphatic carbocycles. The van der Waals surface area contributed by atoms with Gasteiger partial charge in [0, 0.05) is 20.1 Å². The third-order valence-electron chi connectivity index (χ3n) is 4.07. The number of hydrogen-bond donors (Lipinski definition) is 2. The van der Waals surface area contributed by atoms with Crippen LogP contribution in [0.15, 0.2) is 0 Å². The number of likely N-dealkylation sites (tertiary alicyclic amines) is 2. The molecule has 0 aromatic heterocycles. The van der Waals surface area contributed by atoms with Crippen molar-refractivity contribution in [2.24, 2.45) is 0 Å². The Bertz CT molecular complexity index is 425. The van der Waals surface area contributed by atoms with E-state index in [0.29, 0.717) is 32.4 Å². The summed E-state index contributed by atoms with van der Waals surface area (Å²) < 4.78 is 0. The molecule has 0 aromatic rings. The fourth-order valence-corrected chi connectivity index (χ4v) is 2.69. The monoisotopic (exact) mass is 269 g/mol. The number of nitrogens with one attached hydrogen (secondary N) is 1. The molecule has 106 valence electrons. The SMILES string of the molecule is CN1CCC(NC(=O)N2CCCC2(C)C(=O)O)C1=O. The molecule has 2 N–H and O–H groups in total. The Morgan fingerprint density at radius 1 is 1.42 bits per heavy atom. The Morgan fingerprint density at radius 2 is 2.11 bits per heavy atom. The number of carbonyl (C=O) groups excluding carboxylic acids is 2. The Labute approximate surface area is 111 Å². The molecule has 0 aromatic carbocycles. The van der Waals surface area contributed by atoms with E-state index in [1.54, 1.807) is 18.9 Å². The molecule has 2 atom stereocenters. The predicted octanol–water partition coefficient (Wildman–Crippen LogP) is -0.134. The molecule has 3 amide bonds. The third kappa shape index (κ3) is 2.24. The summed E-state index contributed by atoms with van der Waals surface area (Å²) in [5.74, 6) is -1.13. The number of urea groups is 1. The lowest BCUT2D eigenvalue weighted by Gasteiger charge is -2.31. The fourth-order valence-electron chi connectivity index (χ4n) is 2.69. The zero-order valence-corrected chi connectivity index (χ0v) is 11.2. The number of carboxylic acids is 1. The van der Waals surface area contributed by atoms with Crippen molar-refractivity contribution in [2.75, 3.05) is 20.1 Å². The van der Waals surface area contributed by atoms with Crippen LogP contribution in [0.25, 0.3) is 0 Å². The van der Waals surface area contributed by atoms with E-state index in [0.717, 1.165) is 0 Å². The molecule has 2 aliphatic rings. The van der Waals surface area contributed by atoms with E-state index in [-0.39, 0.29) is 5.91 Å². The van der Waals surface area contributed by atoms with Crippen molar-refractivity contribution in [1.82, 2.24) is 15.1 Å². The maximum absolute atomic E-state index is 12.2. The number of aliphatic carboxylic acids is 1. The van der Waals surface area contributed by atoms with E-state index in [1.165, 1.54) is 4.90 Å². The second kappa shape index (κ2) is 4.71. The Balaban J connectivity index is 2.04. The third-order valence-corrected chi connectivity index (χ3v) is 4.07. The van der Waals surface area contributed by atoms with E-state index >= 15 is 0 Å². The first-order chi connectivity index (χ1) is 8.86. The normalized spacial score (nSPS) is 30.8. The van der Waals surface area contributed by atoms with Crippen molar-refractivity contribution >= 4 is 17.9 Å². The quantitative estimate of drug-likeness (QED) is 0.730. The average molecular weight is 269 g/mol. The molecule has 2 rings (SSSR count). The summed E-state index contributed by atoms with van der Waals surface area (Å²) in [6.45, 7) is 2.57. The Kier molecular flexibility index (Phi) is 3.38. The van der Waals surface area contributed by atoms with Gasteiger partial charge in [0.25, 0.3) is 0 Å². The molecule has 7 nitrogen and oxygen atoms in total. The van der Waals surface area contributed by atoms with Gasteiger partial charge in [-0.1, -0.05) is 0 Å². The molecular weight excluding hydrogens is 250 g/mol. The van der Waals surface area contributed by atoms with Gasteiger partial charge in [0.2, 0.25) is 5.91 Å². The van der Waals surface area contributed by atoms with Crippen LogP contribution in [0, 0.1) is 0 Å². The van der Waals surface area contributed by atoms with Gasteiger partial charge in [-0.2, -0.15) is 0 Å². The van der Waals surface area contributed by atoms with Crippen LogP contribution in [-0.2, 0) is 9.59 Å².